The van der Waals surface area contributed by atoms with Crippen molar-refractivity contribution in [2.24, 2.45) is 0 Å². The number of carbonyl (C=O) groups is 1. The van der Waals surface area contributed by atoms with Crippen molar-refractivity contribution in [2.75, 3.05) is 38.7 Å². The maximum atomic E-state index is 12.5. The molecule has 0 unspecified atom stereocenters. The molecule has 1 aliphatic heterocycles. The number of ether oxygens (including phenoxy) is 1. The summed E-state index contributed by atoms with van der Waals surface area (Å²) >= 11 is 5.87. The molecule has 8 heteroatoms. The molecular weight excluding hydrogens is 318 g/mol. The Hall–Kier alpha value is -2.12. The van der Waals surface area contributed by atoms with Crippen molar-refractivity contribution >= 4 is 23.5 Å². The highest BCUT2D eigenvalue weighted by molar-refractivity contribution is 6.30. The molecule has 2 aromatic heterocycles. The van der Waals surface area contributed by atoms with Crippen LogP contribution in [0, 0.1) is 0 Å². The van der Waals surface area contributed by atoms with Gasteiger partial charge in [-0.05, 0) is 12.1 Å². The van der Waals surface area contributed by atoms with Crippen LogP contribution in [0.15, 0.2) is 24.5 Å². The fourth-order valence-corrected chi connectivity index (χ4v) is 2.59. The van der Waals surface area contributed by atoms with E-state index in [1.54, 1.807) is 23.4 Å². The zero-order valence-electron chi connectivity index (χ0n) is 13.0. The van der Waals surface area contributed by atoms with E-state index < -0.39 is 0 Å². The van der Waals surface area contributed by atoms with Crippen LogP contribution in [-0.2, 0) is 4.74 Å². The molecule has 0 aromatic carbocycles. The van der Waals surface area contributed by atoms with Gasteiger partial charge in [-0.15, -0.1) is 0 Å². The van der Waals surface area contributed by atoms with Gasteiger partial charge in [0.15, 0.2) is 0 Å². The van der Waals surface area contributed by atoms with E-state index in [2.05, 4.69) is 15.0 Å². The molecule has 2 aromatic rings. The second-order valence-corrected chi connectivity index (χ2v) is 5.95. The van der Waals surface area contributed by atoms with Gasteiger partial charge in [-0.1, -0.05) is 11.6 Å². The fraction of sp³-hybridized carbons (Fsp3) is 0.400. The molecule has 1 N–H and O–H groups in total. The van der Waals surface area contributed by atoms with Crippen molar-refractivity contribution in [1.82, 2.24) is 19.9 Å². The molecule has 0 saturated carbocycles. The second-order valence-electron chi connectivity index (χ2n) is 5.52. The number of morpholine rings is 1. The summed E-state index contributed by atoms with van der Waals surface area (Å²) in [6.07, 6.45) is 3.03. The third-order valence-corrected chi connectivity index (χ3v) is 3.84. The first-order valence-electron chi connectivity index (χ1n) is 7.29. The van der Waals surface area contributed by atoms with Gasteiger partial charge in [0, 0.05) is 33.0 Å². The highest BCUT2D eigenvalue weighted by Gasteiger charge is 2.28. The second kappa shape index (κ2) is 6.55. The van der Waals surface area contributed by atoms with E-state index in [1.807, 2.05) is 25.1 Å². The number of rotatable bonds is 3. The topological polar surface area (TPSA) is 74.4 Å². The van der Waals surface area contributed by atoms with E-state index in [-0.39, 0.29) is 12.0 Å². The molecule has 7 nitrogen and oxygen atoms in total. The molecule has 23 heavy (non-hydrogen) atoms. The first-order valence-corrected chi connectivity index (χ1v) is 7.67. The van der Waals surface area contributed by atoms with Crippen LogP contribution >= 0.6 is 11.6 Å². The zero-order chi connectivity index (χ0) is 16.4. The Morgan fingerprint density at radius 3 is 3.04 bits per heavy atom. The average molecular weight is 336 g/mol. The Balaban J connectivity index is 1.75. The number of anilines is 1. The van der Waals surface area contributed by atoms with Gasteiger partial charge in [0.2, 0.25) is 5.95 Å². The summed E-state index contributed by atoms with van der Waals surface area (Å²) in [4.78, 5) is 27.6. The minimum Gasteiger partial charge on any atom is -0.368 e. The Labute approximate surface area is 139 Å². The maximum absolute atomic E-state index is 12.5. The van der Waals surface area contributed by atoms with E-state index in [9.17, 15) is 4.79 Å². The number of carbonyl (C=O) groups excluding carboxylic acids is 1. The number of nitrogens with zero attached hydrogens (tertiary/aromatic N) is 4. The van der Waals surface area contributed by atoms with Gasteiger partial charge in [0.05, 0.1) is 23.9 Å². The Morgan fingerprint density at radius 1 is 1.52 bits per heavy atom. The lowest BCUT2D eigenvalue weighted by molar-refractivity contribution is -0.0249. The molecule has 1 fully saturated rings. The van der Waals surface area contributed by atoms with Crippen molar-refractivity contribution in [2.45, 2.75) is 6.10 Å². The van der Waals surface area contributed by atoms with Gasteiger partial charge >= 0.3 is 0 Å². The van der Waals surface area contributed by atoms with Crippen molar-refractivity contribution in [1.29, 1.82) is 0 Å². The fourth-order valence-electron chi connectivity index (χ4n) is 2.43. The highest BCUT2D eigenvalue weighted by atomic mass is 35.5. The van der Waals surface area contributed by atoms with Gasteiger partial charge in [-0.2, -0.15) is 0 Å². The van der Waals surface area contributed by atoms with E-state index in [0.29, 0.717) is 36.4 Å². The Morgan fingerprint density at radius 2 is 2.35 bits per heavy atom. The van der Waals surface area contributed by atoms with Gasteiger partial charge in [0.25, 0.3) is 5.91 Å². The molecule has 1 saturated heterocycles. The first kappa shape index (κ1) is 15.8. The van der Waals surface area contributed by atoms with E-state index in [4.69, 9.17) is 16.3 Å². The molecule has 1 amide bonds. The van der Waals surface area contributed by atoms with Crippen LogP contribution in [0.3, 0.4) is 0 Å². The van der Waals surface area contributed by atoms with Crippen LogP contribution in [-0.4, -0.2) is 59.6 Å². The van der Waals surface area contributed by atoms with E-state index in [0.717, 1.165) is 5.69 Å². The van der Waals surface area contributed by atoms with Gasteiger partial charge in [0.1, 0.15) is 11.8 Å². The van der Waals surface area contributed by atoms with E-state index >= 15 is 0 Å². The predicted octanol–water partition coefficient (Wildman–Crippen LogP) is 1.74. The monoisotopic (exact) mass is 335 g/mol. The quantitative estimate of drug-likeness (QED) is 0.924. The average Bonchev–Trinajstić information content (AvgIpc) is 3.01. The number of aromatic nitrogens is 3. The molecule has 1 aliphatic rings. The van der Waals surface area contributed by atoms with Crippen molar-refractivity contribution < 1.29 is 9.53 Å². The standard InChI is InChI=1S/C15H18ClN5O2/c1-20(2)15-17-4-3-11(19-15)13-9-21(5-6-23-13)14(22)12-7-10(16)8-18-12/h3-4,7-8,13,18H,5-6,9H2,1-2H3/t13-/m0/s1. The van der Waals surface area contributed by atoms with Crippen molar-refractivity contribution in [3.05, 3.63) is 40.9 Å². The normalized spacial score (nSPS) is 18.0. The summed E-state index contributed by atoms with van der Waals surface area (Å²) in [6, 6.07) is 3.44. The lowest BCUT2D eigenvalue weighted by Gasteiger charge is -2.32. The number of halogens is 1. The molecule has 122 valence electrons. The summed E-state index contributed by atoms with van der Waals surface area (Å²) in [6.45, 7) is 1.45. The number of aromatic amines is 1. The largest absolute Gasteiger partial charge is 0.368 e. The number of nitrogens with one attached hydrogen (secondary N) is 1. The van der Waals surface area contributed by atoms with Crippen LogP contribution in [0.1, 0.15) is 22.3 Å². The third-order valence-electron chi connectivity index (χ3n) is 3.63. The van der Waals surface area contributed by atoms with Crippen LogP contribution in [0.4, 0.5) is 5.95 Å². The molecule has 1 atom stereocenters. The van der Waals surface area contributed by atoms with E-state index in [1.165, 1.54) is 0 Å². The van der Waals surface area contributed by atoms with Crippen LogP contribution in [0.5, 0.6) is 0 Å². The van der Waals surface area contributed by atoms with Gasteiger partial charge < -0.3 is 19.5 Å². The molecule has 0 radical (unpaired) electrons. The summed E-state index contributed by atoms with van der Waals surface area (Å²) in [5, 5.41) is 0.518. The van der Waals surface area contributed by atoms with Crippen molar-refractivity contribution in [3.63, 3.8) is 0 Å². The predicted molar refractivity (Wildman–Crippen MR) is 86.8 cm³/mol. The van der Waals surface area contributed by atoms with Crippen LogP contribution in [0.2, 0.25) is 5.02 Å². The van der Waals surface area contributed by atoms with Crippen molar-refractivity contribution in [3.8, 4) is 0 Å². The molecule has 0 spiro atoms. The summed E-state index contributed by atoms with van der Waals surface area (Å²) in [5.74, 6) is 0.526. The summed E-state index contributed by atoms with van der Waals surface area (Å²) in [7, 11) is 3.76. The summed E-state index contributed by atoms with van der Waals surface area (Å²) < 4.78 is 5.78. The number of hydrogen-bond donors (Lipinski definition) is 1. The first-order chi connectivity index (χ1) is 11.0. The Bertz CT molecular complexity index is 703. The van der Waals surface area contributed by atoms with Crippen LogP contribution in [0.25, 0.3) is 0 Å². The molecule has 3 heterocycles. The highest BCUT2D eigenvalue weighted by Crippen LogP contribution is 2.23. The lowest BCUT2D eigenvalue weighted by Crippen LogP contribution is -2.42. The minimum atomic E-state index is -0.264. The third kappa shape index (κ3) is 3.46. The minimum absolute atomic E-state index is 0.0907. The number of hydrogen-bond acceptors (Lipinski definition) is 5. The SMILES string of the molecule is CN(C)c1nccc([C@@H]2CN(C(=O)c3cc(Cl)c[nH]3)CCO2)n1. The zero-order valence-corrected chi connectivity index (χ0v) is 13.7. The Kier molecular flexibility index (Phi) is 4.49. The molecule has 3 rings (SSSR count). The smallest absolute Gasteiger partial charge is 0.270 e. The lowest BCUT2D eigenvalue weighted by atomic mass is 10.2. The molecule has 0 aliphatic carbocycles. The maximum Gasteiger partial charge on any atom is 0.270 e. The summed E-state index contributed by atoms with van der Waals surface area (Å²) in [5.41, 5.74) is 1.25. The van der Waals surface area contributed by atoms with Gasteiger partial charge in [-0.25, -0.2) is 9.97 Å². The van der Waals surface area contributed by atoms with Crippen LogP contribution < -0.4 is 4.90 Å². The molecular formula is C15H18ClN5O2. The number of H-pyrrole nitrogens is 1. The number of amides is 1. The van der Waals surface area contributed by atoms with Gasteiger partial charge in [-0.3, -0.25) is 4.79 Å². The molecule has 0 bridgehead atoms.